The molecule has 4 nitrogen and oxygen atoms in total. The summed E-state index contributed by atoms with van der Waals surface area (Å²) in [4.78, 5) is 10.3. The van der Waals surface area contributed by atoms with E-state index in [1.807, 2.05) is 30.0 Å². The molecule has 27 heavy (non-hydrogen) atoms. The minimum atomic E-state index is -0.192. The van der Waals surface area contributed by atoms with Gasteiger partial charge in [0.25, 0.3) is 0 Å². The second-order valence-corrected chi connectivity index (χ2v) is 9.10. The maximum absolute atomic E-state index is 6.14. The molecule has 4 rings (SSSR count). The molecule has 0 saturated carbocycles. The van der Waals surface area contributed by atoms with Crippen LogP contribution in [0.4, 0.5) is 0 Å². The number of rotatable bonds is 3. The molecular formula is C21H26ClN3OS. The zero-order valence-electron chi connectivity index (χ0n) is 15.9. The van der Waals surface area contributed by atoms with Crippen LogP contribution in [0.3, 0.4) is 0 Å². The van der Waals surface area contributed by atoms with E-state index in [0.29, 0.717) is 6.54 Å². The maximum Gasteiger partial charge on any atom is 0.129 e. The van der Waals surface area contributed by atoms with E-state index >= 15 is 0 Å². The van der Waals surface area contributed by atoms with Crippen molar-refractivity contribution in [3.05, 3.63) is 46.1 Å². The van der Waals surface area contributed by atoms with Crippen LogP contribution in [-0.2, 0) is 11.3 Å². The van der Waals surface area contributed by atoms with Crippen LogP contribution in [0.5, 0.6) is 0 Å². The molecule has 0 aromatic heterocycles. The van der Waals surface area contributed by atoms with E-state index in [1.54, 1.807) is 7.11 Å². The monoisotopic (exact) mass is 403 g/mol. The van der Waals surface area contributed by atoms with Crippen LogP contribution < -0.4 is 5.32 Å². The molecule has 2 aliphatic heterocycles. The van der Waals surface area contributed by atoms with E-state index in [2.05, 4.69) is 18.3 Å². The van der Waals surface area contributed by atoms with E-state index in [1.165, 1.54) is 11.3 Å². The van der Waals surface area contributed by atoms with Gasteiger partial charge in [0.05, 0.1) is 24.1 Å². The SMILES string of the molecule is COC1CCC2=NC3(CCSCC3)C(=NCc3cccc(Cl)c3)NC2=C1C. The highest BCUT2D eigenvalue weighted by Gasteiger charge is 2.43. The highest BCUT2D eigenvalue weighted by atomic mass is 35.5. The predicted octanol–water partition coefficient (Wildman–Crippen LogP) is 4.63. The van der Waals surface area contributed by atoms with Gasteiger partial charge in [-0.2, -0.15) is 11.8 Å². The van der Waals surface area contributed by atoms with Crippen molar-refractivity contribution in [2.75, 3.05) is 18.6 Å². The summed E-state index contributed by atoms with van der Waals surface area (Å²) in [5.74, 6) is 3.28. The topological polar surface area (TPSA) is 46.0 Å². The number of benzene rings is 1. The Morgan fingerprint density at radius 3 is 2.93 bits per heavy atom. The largest absolute Gasteiger partial charge is 0.377 e. The van der Waals surface area contributed by atoms with Gasteiger partial charge in [0, 0.05) is 12.1 Å². The molecule has 0 amide bonds. The number of nitrogens with one attached hydrogen (secondary N) is 1. The van der Waals surface area contributed by atoms with Gasteiger partial charge in [0.15, 0.2) is 0 Å². The van der Waals surface area contributed by atoms with Gasteiger partial charge in [0.2, 0.25) is 0 Å². The van der Waals surface area contributed by atoms with Gasteiger partial charge in [-0.1, -0.05) is 23.7 Å². The van der Waals surface area contributed by atoms with Gasteiger partial charge in [-0.25, -0.2) is 0 Å². The molecule has 1 atom stereocenters. The normalized spacial score (nSPS) is 26.0. The van der Waals surface area contributed by atoms with Gasteiger partial charge in [-0.3, -0.25) is 9.98 Å². The Kier molecular flexibility index (Phi) is 5.62. The fourth-order valence-electron chi connectivity index (χ4n) is 4.17. The summed E-state index contributed by atoms with van der Waals surface area (Å²) in [5, 5.41) is 4.44. The number of halogens is 1. The molecule has 1 aliphatic carbocycles. The van der Waals surface area contributed by atoms with Crippen LogP contribution in [0.25, 0.3) is 0 Å². The first-order valence-electron chi connectivity index (χ1n) is 9.58. The summed E-state index contributed by atoms with van der Waals surface area (Å²) >= 11 is 8.15. The van der Waals surface area contributed by atoms with Crippen LogP contribution in [-0.4, -0.2) is 41.8 Å². The summed E-state index contributed by atoms with van der Waals surface area (Å²) in [7, 11) is 1.79. The quantitative estimate of drug-likeness (QED) is 0.800. The molecular weight excluding hydrogens is 378 g/mol. The van der Waals surface area contributed by atoms with Gasteiger partial charge < -0.3 is 10.1 Å². The second-order valence-electron chi connectivity index (χ2n) is 7.44. The van der Waals surface area contributed by atoms with Gasteiger partial charge in [0.1, 0.15) is 11.4 Å². The van der Waals surface area contributed by atoms with Crippen molar-refractivity contribution in [2.45, 2.75) is 50.8 Å². The third-order valence-electron chi connectivity index (χ3n) is 5.76. The molecule has 1 N–H and O–H groups in total. The van der Waals surface area contributed by atoms with Crippen LogP contribution >= 0.6 is 23.4 Å². The molecule has 6 heteroatoms. The fraction of sp³-hybridized carbons (Fsp3) is 0.524. The molecule has 1 fully saturated rings. The second kappa shape index (κ2) is 7.98. The molecule has 1 saturated heterocycles. The molecule has 1 aromatic rings. The van der Waals surface area contributed by atoms with Crippen molar-refractivity contribution in [1.82, 2.24) is 5.32 Å². The summed E-state index contributed by atoms with van der Waals surface area (Å²) in [6.45, 7) is 2.76. The van der Waals surface area contributed by atoms with Crippen molar-refractivity contribution in [1.29, 1.82) is 0 Å². The van der Waals surface area contributed by atoms with Gasteiger partial charge in [-0.05, 0) is 67.4 Å². The minimum absolute atomic E-state index is 0.164. The third-order valence-corrected chi connectivity index (χ3v) is 6.98. The van der Waals surface area contributed by atoms with Crippen LogP contribution in [0.1, 0.15) is 38.2 Å². The smallest absolute Gasteiger partial charge is 0.129 e. The third kappa shape index (κ3) is 3.82. The zero-order chi connectivity index (χ0) is 18.9. The van der Waals surface area contributed by atoms with Crippen LogP contribution in [0, 0.1) is 0 Å². The molecule has 3 aliphatic rings. The lowest BCUT2D eigenvalue weighted by Crippen LogP contribution is -2.54. The first-order chi connectivity index (χ1) is 13.1. The van der Waals surface area contributed by atoms with E-state index < -0.39 is 0 Å². The average Bonchev–Trinajstić information content (AvgIpc) is 2.68. The Morgan fingerprint density at radius 2 is 2.19 bits per heavy atom. The lowest BCUT2D eigenvalue weighted by molar-refractivity contribution is 0.123. The number of amidine groups is 1. The Hall–Kier alpha value is -1.30. The Morgan fingerprint density at radius 1 is 1.37 bits per heavy atom. The molecule has 1 aromatic carbocycles. The lowest BCUT2D eigenvalue weighted by Gasteiger charge is -2.42. The first-order valence-corrected chi connectivity index (χ1v) is 11.1. The van der Waals surface area contributed by atoms with Gasteiger partial charge in [-0.15, -0.1) is 0 Å². The number of allylic oxidation sites excluding steroid dienone is 1. The number of methoxy groups -OCH3 is 1. The number of hydrogen-bond donors (Lipinski definition) is 1. The van der Waals surface area contributed by atoms with Crippen molar-refractivity contribution in [3.63, 3.8) is 0 Å². The standard InChI is InChI=1S/C21H26ClN3OS/c1-14-18(26-2)7-6-17-19(14)24-20(21(25-17)8-10-27-11-9-21)23-13-15-4-3-5-16(22)12-15/h3-5,12,18H,6-11,13H2,1-2H3,(H,23,24). The van der Waals surface area contributed by atoms with E-state index in [0.717, 1.165) is 59.3 Å². The predicted molar refractivity (Wildman–Crippen MR) is 115 cm³/mol. The van der Waals surface area contributed by atoms with Crippen molar-refractivity contribution >= 4 is 34.9 Å². The number of thioether (sulfide) groups is 1. The fourth-order valence-corrected chi connectivity index (χ4v) is 5.55. The number of hydrogen-bond acceptors (Lipinski definition) is 4. The molecule has 1 spiro atoms. The van der Waals surface area contributed by atoms with Crippen molar-refractivity contribution < 1.29 is 4.74 Å². The summed E-state index contributed by atoms with van der Waals surface area (Å²) in [6, 6.07) is 7.93. The molecule has 1 unspecified atom stereocenters. The number of ether oxygens (including phenoxy) is 1. The summed E-state index contributed by atoms with van der Waals surface area (Å²) < 4.78 is 5.66. The summed E-state index contributed by atoms with van der Waals surface area (Å²) in [5.41, 5.74) is 4.49. The highest BCUT2D eigenvalue weighted by Crippen LogP contribution is 2.37. The van der Waals surface area contributed by atoms with Crippen molar-refractivity contribution in [2.24, 2.45) is 9.98 Å². The Bertz CT molecular complexity index is 811. The Labute approximate surface area is 170 Å². The highest BCUT2D eigenvalue weighted by molar-refractivity contribution is 7.99. The number of fused-ring (bicyclic) bond motifs is 1. The van der Waals surface area contributed by atoms with Crippen molar-refractivity contribution in [3.8, 4) is 0 Å². The minimum Gasteiger partial charge on any atom is -0.377 e. The summed E-state index contributed by atoms with van der Waals surface area (Å²) in [6.07, 6.45) is 4.22. The molecule has 0 bridgehead atoms. The van der Waals surface area contributed by atoms with E-state index in [9.17, 15) is 0 Å². The number of nitrogens with zero attached hydrogens (tertiary/aromatic N) is 2. The van der Waals surface area contributed by atoms with Crippen LogP contribution in [0.2, 0.25) is 5.02 Å². The molecule has 2 heterocycles. The maximum atomic E-state index is 6.14. The number of aliphatic imine (C=N–C) groups is 2. The van der Waals surface area contributed by atoms with Gasteiger partial charge >= 0.3 is 0 Å². The first kappa shape index (κ1) is 19.0. The van der Waals surface area contributed by atoms with E-state index in [-0.39, 0.29) is 11.6 Å². The zero-order valence-corrected chi connectivity index (χ0v) is 17.5. The van der Waals surface area contributed by atoms with E-state index in [4.69, 9.17) is 26.3 Å². The molecule has 0 radical (unpaired) electrons. The van der Waals surface area contributed by atoms with Crippen LogP contribution in [0.15, 0.2) is 45.5 Å². The lowest BCUT2D eigenvalue weighted by atomic mass is 9.84. The average molecular weight is 404 g/mol. The molecule has 144 valence electrons. The Balaban J connectivity index is 1.71.